The molecule has 2 aromatic heterocycles. The van der Waals surface area contributed by atoms with Crippen molar-refractivity contribution in [3.05, 3.63) is 46.0 Å². The van der Waals surface area contributed by atoms with Crippen molar-refractivity contribution >= 4 is 23.2 Å². The van der Waals surface area contributed by atoms with Gasteiger partial charge in [-0.25, -0.2) is 9.97 Å². The fourth-order valence-electron chi connectivity index (χ4n) is 2.36. The van der Waals surface area contributed by atoms with Gasteiger partial charge in [-0.2, -0.15) is 4.98 Å². The molecular formula is C12H10Cl2N4. The molecule has 0 radical (unpaired) electrons. The lowest BCUT2D eigenvalue weighted by molar-refractivity contribution is 0.572. The van der Waals surface area contributed by atoms with Crippen LogP contribution in [0.1, 0.15) is 35.8 Å². The first-order chi connectivity index (χ1) is 8.74. The molecule has 0 fully saturated rings. The number of fused-ring (bicyclic) bond motifs is 1. The van der Waals surface area contributed by atoms with Crippen LogP contribution in [0.4, 0.5) is 0 Å². The maximum absolute atomic E-state index is 5.83. The van der Waals surface area contributed by atoms with Crippen molar-refractivity contribution in [3.8, 4) is 0 Å². The Labute approximate surface area is 114 Å². The van der Waals surface area contributed by atoms with Gasteiger partial charge in [0.1, 0.15) is 5.82 Å². The monoisotopic (exact) mass is 280 g/mol. The Morgan fingerprint density at radius 3 is 2.67 bits per heavy atom. The summed E-state index contributed by atoms with van der Waals surface area (Å²) in [5, 5.41) is 0.265. The molecule has 1 aliphatic carbocycles. The molecule has 18 heavy (non-hydrogen) atoms. The zero-order valence-electron chi connectivity index (χ0n) is 9.48. The van der Waals surface area contributed by atoms with Gasteiger partial charge in [0.05, 0.1) is 11.6 Å². The zero-order valence-corrected chi connectivity index (χ0v) is 11.0. The summed E-state index contributed by atoms with van der Waals surface area (Å²) in [5.41, 5.74) is 2.28. The Hall–Kier alpha value is -1.26. The summed E-state index contributed by atoms with van der Waals surface area (Å²) < 4.78 is 0. The minimum atomic E-state index is 0.0629. The van der Waals surface area contributed by atoms with Crippen molar-refractivity contribution in [2.24, 2.45) is 0 Å². The Balaban J connectivity index is 2.08. The molecule has 0 spiro atoms. The minimum Gasteiger partial charge on any atom is -0.260 e. The van der Waals surface area contributed by atoms with Crippen LogP contribution in [0.25, 0.3) is 0 Å². The molecule has 0 N–H and O–H groups in total. The summed E-state index contributed by atoms with van der Waals surface area (Å²) in [6.07, 6.45) is 4.89. The van der Waals surface area contributed by atoms with E-state index >= 15 is 0 Å². The number of nitrogens with zero attached hydrogens (tertiary/aromatic N) is 4. The van der Waals surface area contributed by atoms with Crippen LogP contribution in [-0.4, -0.2) is 19.9 Å². The fraction of sp³-hybridized carbons (Fsp3) is 0.333. The number of hydrogen-bond acceptors (Lipinski definition) is 4. The number of aryl methyl sites for hydroxylation is 1. The molecule has 1 atom stereocenters. The lowest BCUT2D eigenvalue weighted by atomic mass is 9.86. The molecule has 3 rings (SSSR count). The maximum Gasteiger partial charge on any atom is 0.226 e. The highest BCUT2D eigenvalue weighted by Crippen LogP contribution is 2.33. The maximum atomic E-state index is 5.83. The number of pyridine rings is 1. The van der Waals surface area contributed by atoms with Crippen molar-refractivity contribution in [3.63, 3.8) is 0 Å². The van der Waals surface area contributed by atoms with E-state index in [0.29, 0.717) is 5.82 Å². The van der Waals surface area contributed by atoms with Gasteiger partial charge < -0.3 is 0 Å². The van der Waals surface area contributed by atoms with E-state index in [1.54, 1.807) is 6.20 Å². The summed E-state index contributed by atoms with van der Waals surface area (Å²) in [4.78, 5) is 16.6. The van der Waals surface area contributed by atoms with Gasteiger partial charge in [0.25, 0.3) is 0 Å². The number of hydrogen-bond donors (Lipinski definition) is 0. The molecule has 1 aliphatic rings. The highest BCUT2D eigenvalue weighted by atomic mass is 35.5. The average Bonchev–Trinajstić information content (AvgIpc) is 2.37. The second-order valence-electron chi connectivity index (χ2n) is 4.22. The van der Waals surface area contributed by atoms with Crippen molar-refractivity contribution in [1.29, 1.82) is 0 Å². The third-order valence-corrected chi connectivity index (χ3v) is 3.44. The third kappa shape index (κ3) is 2.18. The average molecular weight is 281 g/mol. The summed E-state index contributed by atoms with van der Waals surface area (Å²) in [5.74, 6) is 0.674. The first-order valence-electron chi connectivity index (χ1n) is 5.75. The molecule has 92 valence electrons. The lowest BCUT2D eigenvalue weighted by Gasteiger charge is -2.22. The SMILES string of the molecule is Clc1nc(Cl)nc(C2CCCc3cccnc32)n1. The van der Waals surface area contributed by atoms with Gasteiger partial charge >= 0.3 is 0 Å². The Morgan fingerprint density at radius 1 is 1.11 bits per heavy atom. The topological polar surface area (TPSA) is 51.6 Å². The Bertz CT molecular complexity index is 568. The smallest absolute Gasteiger partial charge is 0.226 e. The van der Waals surface area contributed by atoms with Crippen LogP contribution < -0.4 is 0 Å². The Morgan fingerprint density at radius 2 is 1.89 bits per heavy atom. The summed E-state index contributed by atoms with van der Waals surface area (Å²) in [6.45, 7) is 0. The molecule has 1 unspecified atom stereocenters. The summed E-state index contributed by atoms with van der Waals surface area (Å²) in [6, 6.07) is 4.05. The minimum absolute atomic E-state index is 0.0629. The van der Waals surface area contributed by atoms with E-state index in [9.17, 15) is 0 Å². The molecule has 0 saturated heterocycles. The molecule has 6 heteroatoms. The highest BCUT2D eigenvalue weighted by Gasteiger charge is 2.25. The lowest BCUT2D eigenvalue weighted by Crippen LogP contribution is -2.16. The van der Waals surface area contributed by atoms with Crippen LogP contribution in [0.15, 0.2) is 18.3 Å². The van der Waals surface area contributed by atoms with Gasteiger partial charge in [-0.15, -0.1) is 0 Å². The second-order valence-corrected chi connectivity index (χ2v) is 4.90. The summed E-state index contributed by atoms with van der Waals surface area (Å²) >= 11 is 11.7. The highest BCUT2D eigenvalue weighted by molar-refractivity contribution is 6.31. The zero-order chi connectivity index (χ0) is 12.5. The van der Waals surface area contributed by atoms with Gasteiger partial charge in [0.15, 0.2) is 0 Å². The molecule has 4 nitrogen and oxygen atoms in total. The van der Waals surface area contributed by atoms with E-state index in [1.165, 1.54) is 5.56 Å². The number of halogens is 2. The fourth-order valence-corrected chi connectivity index (χ4v) is 2.73. The second kappa shape index (κ2) is 4.78. The normalized spacial score (nSPS) is 18.4. The van der Waals surface area contributed by atoms with Gasteiger partial charge in [0, 0.05) is 6.20 Å². The van der Waals surface area contributed by atoms with Crippen molar-refractivity contribution in [2.75, 3.05) is 0 Å². The van der Waals surface area contributed by atoms with E-state index in [4.69, 9.17) is 23.2 Å². The van der Waals surface area contributed by atoms with Crippen LogP contribution in [0.5, 0.6) is 0 Å². The van der Waals surface area contributed by atoms with Gasteiger partial charge in [0.2, 0.25) is 10.6 Å². The molecule has 0 saturated carbocycles. The van der Waals surface area contributed by atoms with Gasteiger partial charge in [-0.1, -0.05) is 6.07 Å². The third-order valence-electron chi connectivity index (χ3n) is 3.10. The quantitative estimate of drug-likeness (QED) is 0.806. The first kappa shape index (κ1) is 11.8. The van der Waals surface area contributed by atoms with E-state index in [0.717, 1.165) is 25.0 Å². The number of aromatic nitrogens is 4. The molecule has 0 bridgehead atoms. The van der Waals surface area contributed by atoms with Crippen LogP contribution in [0.3, 0.4) is 0 Å². The van der Waals surface area contributed by atoms with E-state index in [2.05, 4.69) is 26.0 Å². The molecule has 0 amide bonds. The van der Waals surface area contributed by atoms with Gasteiger partial charge in [-0.3, -0.25) is 4.98 Å². The predicted molar refractivity (Wildman–Crippen MR) is 68.9 cm³/mol. The first-order valence-corrected chi connectivity index (χ1v) is 6.50. The van der Waals surface area contributed by atoms with Crippen LogP contribution in [0, 0.1) is 0 Å². The molecule has 2 heterocycles. The predicted octanol–water partition coefficient (Wildman–Crippen LogP) is 3.04. The van der Waals surface area contributed by atoms with Crippen molar-refractivity contribution in [1.82, 2.24) is 19.9 Å². The van der Waals surface area contributed by atoms with E-state index < -0.39 is 0 Å². The molecule has 2 aromatic rings. The van der Waals surface area contributed by atoms with Crippen LogP contribution in [-0.2, 0) is 6.42 Å². The van der Waals surface area contributed by atoms with E-state index in [-0.39, 0.29) is 16.5 Å². The summed E-state index contributed by atoms with van der Waals surface area (Å²) in [7, 11) is 0. The van der Waals surface area contributed by atoms with Gasteiger partial charge in [-0.05, 0) is 54.1 Å². The molecular weight excluding hydrogens is 271 g/mol. The largest absolute Gasteiger partial charge is 0.260 e. The molecule has 0 aromatic carbocycles. The number of rotatable bonds is 1. The van der Waals surface area contributed by atoms with Crippen molar-refractivity contribution < 1.29 is 0 Å². The van der Waals surface area contributed by atoms with E-state index in [1.807, 2.05) is 6.07 Å². The standard InChI is InChI=1S/C12H10Cl2N4/c13-11-16-10(17-12(14)18-11)8-5-1-3-7-4-2-6-15-9(7)8/h2,4,6,8H,1,3,5H2. The van der Waals surface area contributed by atoms with Crippen LogP contribution in [0.2, 0.25) is 10.6 Å². The van der Waals surface area contributed by atoms with Crippen molar-refractivity contribution in [2.45, 2.75) is 25.2 Å². The van der Waals surface area contributed by atoms with Crippen LogP contribution >= 0.6 is 23.2 Å². The molecule has 0 aliphatic heterocycles. The Kier molecular flexibility index (Phi) is 3.14.